The Morgan fingerprint density at radius 3 is 1.42 bits per heavy atom. The molecule has 1 aliphatic heterocycles. The molecule has 0 radical (unpaired) electrons. The molecule has 33 heavy (non-hydrogen) atoms. The van der Waals surface area contributed by atoms with Gasteiger partial charge in [-0.15, -0.1) is 17.6 Å². The molecule has 0 saturated carbocycles. The average Bonchev–Trinajstić information content (AvgIpc) is 2.64. The van der Waals surface area contributed by atoms with Gasteiger partial charge in [0.25, 0.3) is 0 Å². The third-order valence-electron chi connectivity index (χ3n) is 3.03. The van der Waals surface area contributed by atoms with E-state index in [2.05, 4.69) is 9.47 Å². The van der Waals surface area contributed by atoms with Gasteiger partial charge in [-0.1, -0.05) is 0 Å². The molecule has 0 N–H and O–H groups in total. The number of halogens is 18. The highest BCUT2D eigenvalue weighted by Crippen LogP contribution is 2.64. The molecule has 2 unspecified atom stereocenters. The Hall–Kier alpha value is -1.87. The van der Waals surface area contributed by atoms with Gasteiger partial charge >= 0.3 is 54.3 Å². The van der Waals surface area contributed by atoms with Crippen molar-refractivity contribution < 1.29 is 98.0 Å². The predicted molar refractivity (Wildman–Crippen MR) is 59.8 cm³/mol. The average molecular weight is 542 g/mol. The van der Waals surface area contributed by atoms with E-state index in [0.717, 1.165) is 0 Å². The summed E-state index contributed by atoms with van der Waals surface area (Å²) in [7, 11) is 0. The maximum Gasteiger partial charge on any atom is 0.559 e. The summed E-state index contributed by atoms with van der Waals surface area (Å²) in [5.74, 6) is -31.3. The second kappa shape index (κ2) is 8.73. The lowest BCUT2D eigenvalue weighted by Gasteiger charge is -2.33. The minimum Gasteiger partial charge on any atom is -0.392 e. The lowest BCUT2D eigenvalue weighted by Crippen LogP contribution is -2.63. The first-order valence-corrected chi connectivity index (χ1v) is 6.99. The standard InChI is InChI=1S/C10H4F14O4.CF4/c11-1-2-26-4(12,8(18,19)20)3(25)27-10(23,24)7(17)5(13,14)6(15,16)9(21,22)28-7;2-1(3,4)5/h1-2H2;. The van der Waals surface area contributed by atoms with Crippen molar-refractivity contribution in [3.63, 3.8) is 0 Å². The van der Waals surface area contributed by atoms with Crippen LogP contribution in [0.15, 0.2) is 0 Å². The van der Waals surface area contributed by atoms with Gasteiger partial charge in [0, 0.05) is 0 Å². The van der Waals surface area contributed by atoms with Gasteiger partial charge in [-0.3, -0.25) is 4.74 Å². The molecule has 2 atom stereocenters. The number of carbonyl (C=O) groups is 1. The van der Waals surface area contributed by atoms with Crippen LogP contribution >= 0.6 is 0 Å². The summed E-state index contributed by atoms with van der Waals surface area (Å²) < 4.78 is 226. The summed E-state index contributed by atoms with van der Waals surface area (Å²) in [6, 6.07) is 0. The molecule has 0 amide bonds. The molecule has 198 valence electrons. The van der Waals surface area contributed by atoms with E-state index in [0.29, 0.717) is 0 Å². The first kappa shape index (κ1) is 31.1. The van der Waals surface area contributed by atoms with Gasteiger partial charge in [-0.05, 0) is 0 Å². The predicted octanol–water partition coefficient (Wildman–Crippen LogP) is 5.37. The van der Waals surface area contributed by atoms with Crippen LogP contribution in [-0.4, -0.2) is 67.6 Å². The van der Waals surface area contributed by atoms with E-state index < -0.39 is 67.6 Å². The minimum atomic E-state index is -7.20. The van der Waals surface area contributed by atoms with Gasteiger partial charge in [-0.25, -0.2) is 9.18 Å². The van der Waals surface area contributed by atoms with Gasteiger partial charge in [-0.2, -0.15) is 57.1 Å². The monoisotopic (exact) mass is 542 g/mol. The fraction of sp³-hybridized carbons (Fsp3) is 0.909. The number of hydrogen-bond donors (Lipinski definition) is 0. The smallest absolute Gasteiger partial charge is 0.392 e. The van der Waals surface area contributed by atoms with Crippen LogP contribution in [-0.2, 0) is 19.0 Å². The van der Waals surface area contributed by atoms with E-state index >= 15 is 0 Å². The molecule has 1 rings (SSSR count). The maximum absolute atomic E-state index is 13.7. The van der Waals surface area contributed by atoms with Crippen molar-refractivity contribution in [1.29, 1.82) is 0 Å². The quantitative estimate of drug-likeness (QED) is 0.335. The summed E-state index contributed by atoms with van der Waals surface area (Å²) in [4.78, 5) is 11.0. The van der Waals surface area contributed by atoms with E-state index in [1.54, 1.807) is 0 Å². The zero-order chi connectivity index (χ0) is 27.1. The number of ether oxygens (including phenoxy) is 3. The molecule has 1 aliphatic rings. The number of esters is 1. The minimum absolute atomic E-state index is 1.97. The summed E-state index contributed by atoms with van der Waals surface area (Å²) in [5, 5.41) is 0. The fourth-order valence-electron chi connectivity index (χ4n) is 1.62. The van der Waals surface area contributed by atoms with Crippen molar-refractivity contribution >= 4 is 5.97 Å². The van der Waals surface area contributed by atoms with Crippen LogP contribution in [0.5, 0.6) is 0 Å². The van der Waals surface area contributed by atoms with Gasteiger partial charge in [0.05, 0.1) is 6.61 Å². The molecule has 4 nitrogen and oxygen atoms in total. The van der Waals surface area contributed by atoms with Crippen molar-refractivity contribution in [3.05, 3.63) is 0 Å². The molecule has 22 heteroatoms. The zero-order valence-electron chi connectivity index (χ0n) is 14.4. The largest absolute Gasteiger partial charge is 0.559 e. The van der Waals surface area contributed by atoms with Gasteiger partial charge < -0.3 is 9.47 Å². The molecule has 0 aliphatic carbocycles. The van der Waals surface area contributed by atoms with E-state index in [4.69, 9.17) is 0 Å². The van der Waals surface area contributed by atoms with E-state index in [1.165, 1.54) is 0 Å². The first-order chi connectivity index (χ1) is 14.1. The van der Waals surface area contributed by atoms with Gasteiger partial charge in [0.1, 0.15) is 6.67 Å². The molecular formula is C11H4F18O4. The molecular weight excluding hydrogens is 538 g/mol. The second-order valence-corrected chi connectivity index (χ2v) is 5.33. The highest BCUT2D eigenvalue weighted by molar-refractivity contribution is 5.79. The Morgan fingerprint density at radius 1 is 0.758 bits per heavy atom. The summed E-state index contributed by atoms with van der Waals surface area (Å²) >= 11 is 0. The number of hydrogen-bond acceptors (Lipinski definition) is 4. The maximum atomic E-state index is 13.7. The Kier molecular flexibility index (Phi) is 8.23. The van der Waals surface area contributed by atoms with Crippen LogP contribution in [0.25, 0.3) is 0 Å². The molecule has 0 aromatic rings. The highest BCUT2D eigenvalue weighted by atomic mass is 19.5. The number of carbonyl (C=O) groups excluding carboxylic acids is 1. The van der Waals surface area contributed by atoms with Gasteiger partial charge in [0.2, 0.25) is 0 Å². The van der Waals surface area contributed by atoms with Crippen molar-refractivity contribution in [2.75, 3.05) is 13.3 Å². The lowest BCUT2D eigenvalue weighted by atomic mass is 10.1. The van der Waals surface area contributed by atoms with Crippen LogP contribution in [0.3, 0.4) is 0 Å². The van der Waals surface area contributed by atoms with Crippen LogP contribution in [0, 0.1) is 0 Å². The van der Waals surface area contributed by atoms with Crippen molar-refractivity contribution in [2.45, 2.75) is 48.4 Å². The Morgan fingerprint density at radius 2 is 1.15 bits per heavy atom. The molecule has 0 spiro atoms. The first-order valence-electron chi connectivity index (χ1n) is 6.99. The van der Waals surface area contributed by atoms with Crippen LogP contribution in [0.2, 0.25) is 0 Å². The molecule has 1 heterocycles. The van der Waals surface area contributed by atoms with Crippen molar-refractivity contribution in [1.82, 2.24) is 0 Å². The Bertz CT molecular complexity index is 694. The summed E-state index contributed by atoms with van der Waals surface area (Å²) in [6.45, 7) is -3.95. The molecule has 0 aromatic heterocycles. The van der Waals surface area contributed by atoms with E-state index in [1.807, 2.05) is 4.74 Å². The Labute approximate surface area is 167 Å². The molecule has 0 bridgehead atoms. The fourth-order valence-corrected chi connectivity index (χ4v) is 1.62. The SMILES string of the molecule is FC(F)(F)F.O=C(OC(F)(F)C1(F)OC(F)(F)C(F)(F)C1(F)F)C(F)(OCCF)C(F)(F)F. The zero-order valence-corrected chi connectivity index (χ0v) is 14.4. The van der Waals surface area contributed by atoms with E-state index in [-0.39, 0.29) is 0 Å². The highest BCUT2D eigenvalue weighted by Gasteiger charge is 2.96. The summed E-state index contributed by atoms with van der Waals surface area (Å²) in [5.41, 5.74) is 0. The topological polar surface area (TPSA) is 44.8 Å². The van der Waals surface area contributed by atoms with Crippen molar-refractivity contribution in [3.8, 4) is 0 Å². The number of rotatable bonds is 6. The molecule has 0 aromatic carbocycles. The lowest BCUT2D eigenvalue weighted by molar-refractivity contribution is -0.433. The van der Waals surface area contributed by atoms with Gasteiger partial charge in [0.15, 0.2) is 0 Å². The Balaban J connectivity index is 0.00000184. The third-order valence-corrected chi connectivity index (χ3v) is 3.03. The van der Waals surface area contributed by atoms with E-state index in [9.17, 15) is 83.8 Å². The summed E-state index contributed by atoms with van der Waals surface area (Å²) in [6.07, 6.45) is -25.9. The second-order valence-electron chi connectivity index (χ2n) is 5.33. The number of alkyl halides is 18. The van der Waals surface area contributed by atoms with Crippen LogP contribution in [0.1, 0.15) is 0 Å². The normalized spacial score (nSPS) is 26.1. The molecule has 1 fully saturated rings. The molecule has 1 saturated heterocycles. The van der Waals surface area contributed by atoms with Crippen LogP contribution in [0.4, 0.5) is 79.0 Å². The van der Waals surface area contributed by atoms with Crippen molar-refractivity contribution in [2.24, 2.45) is 0 Å². The van der Waals surface area contributed by atoms with Crippen LogP contribution < -0.4 is 0 Å². The third kappa shape index (κ3) is 5.62.